The van der Waals surface area contributed by atoms with Crippen LogP contribution in [-0.2, 0) is 6.54 Å². The summed E-state index contributed by atoms with van der Waals surface area (Å²) in [6, 6.07) is 10.2. The fourth-order valence-corrected chi connectivity index (χ4v) is 2.96. The number of guanidine groups is 1. The predicted molar refractivity (Wildman–Crippen MR) is 120 cm³/mol. The van der Waals surface area contributed by atoms with E-state index in [1.807, 2.05) is 50.3 Å². The van der Waals surface area contributed by atoms with Crippen molar-refractivity contribution in [2.24, 2.45) is 4.99 Å². The Labute approximate surface area is 172 Å². The number of nitrogens with zero attached hydrogens (tertiary/aromatic N) is 3. The van der Waals surface area contributed by atoms with Gasteiger partial charge < -0.3 is 15.2 Å². The minimum atomic E-state index is 0. The fraction of sp³-hybridized carbons (Fsp3) is 0.444. The second-order valence-corrected chi connectivity index (χ2v) is 6.63. The van der Waals surface area contributed by atoms with Crippen molar-refractivity contribution in [1.82, 2.24) is 20.2 Å². The van der Waals surface area contributed by atoms with E-state index in [2.05, 4.69) is 43.6 Å². The van der Waals surface area contributed by atoms with Gasteiger partial charge in [0.25, 0.3) is 0 Å². The number of nitrogens with one attached hydrogen (secondary N) is 2. The minimum Gasteiger partial charge on any atom is -0.356 e. The number of aromatic nitrogens is 2. The monoisotopic (exact) mass is 473 g/mol. The van der Waals surface area contributed by atoms with E-state index >= 15 is 0 Å². The number of aliphatic imine (C=N–C) groups is 1. The van der Waals surface area contributed by atoms with Crippen LogP contribution < -0.4 is 5.32 Å². The number of hydrogen-bond donors (Lipinski definition) is 2. The first-order valence-corrected chi connectivity index (χ1v) is 9.64. The summed E-state index contributed by atoms with van der Waals surface area (Å²) in [6.07, 6.45) is 6.42. The Morgan fingerprint density at radius 3 is 2.72 bits per heavy atom. The average molecular weight is 473 g/mol. The van der Waals surface area contributed by atoms with Gasteiger partial charge in [0.05, 0.1) is 18.4 Å². The first-order valence-electron chi connectivity index (χ1n) is 8.24. The van der Waals surface area contributed by atoms with Crippen molar-refractivity contribution >= 4 is 41.7 Å². The van der Waals surface area contributed by atoms with E-state index in [1.54, 1.807) is 0 Å². The Morgan fingerprint density at radius 2 is 2.04 bits per heavy atom. The lowest BCUT2D eigenvalue weighted by molar-refractivity contribution is 0.463. The lowest BCUT2D eigenvalue weighted by Gasteiger charge is -2.21. The summed E-state index contributed by atoms with van der Waals surface area (Å²) in [5.41, 5.74) is 2.19. The number of benzene rings is 1. The van der Waals surface area contributed by atoms with E-state index in [-0.39, 0.29) is 24.0 Å². The molecular weight excluding hydrogens is 445 g/mol. The van der Waals surface area contributed by atoms with Gasteiger partial charge in [-0.05, 0) is 30.4 Å². The molecule has 0 saturated heterocycles. The summed E-state index contributed by atoms with van der Waals surface area (Å²) in [7, 11) is 3.85. The third-order valence-electron chi connectivity index (χ3n) is 3.73. The van der Waals surface area contributed by atoms with E-state index in [9.17, 15) is 0 Å². The topological polar surface area (TPSA) is 56.3 Å². The number of aromatic amines is 1. The molecule has 25 heavy (non-hydrogen) atoms. The molecule has 0 amide bonds. The summed E-state index contributed by atoms with van der Waals surface area (Å²) in [4.78, 5) is 14.3. The molecule has 0 aliphatic heterocycles. The zero-order valence-electron chi connectivity index (χ0n) is 15.2. The fourth-order valence-electron chi connectivity index (χ4n) is 2.46. The van der Waals surface area contributed by atoms with Crippen LogP contribution in [0, 0.1) is 0 Å². The van der Waals surface area contributed by atoms with Crippen molar-refractivity contribution in [2.45, 2.75) is 19.4 Å². The van der Waals surface area contributed by atoms with Gasteiger partial charge in [-0.25, -0.2) is 4.98 Å². The SMILES string of the molecule is CN=C(NCCCCSC)N(C)Cc1ncc(-c2ccccc2)[nH]1.I. The van der Waals surface area contributed by atoms with Gasteiger partial charge in [0, 0.05) is 20.6 Å². The lowest BCUT2D eigenvalue weighted by atomic mass is 10.2. The molecule has 0 saturated carbocycles. The molecule has 2 aromatic rings. The predicted octanol–water partition coefficient (Wildman–Crippen LogP) is 3.85. The van der Waals surface area contributed by atoms with Gasteiger partial charge in [-0.1, -0.05) is 30.3 Å². The molecule has 0 unspecified atom stereocenters. The maximum Gasteiger partial charge on any atom is 0.193 e. The van der Waals surface area contributed by atoms with Crippen LogP contribution in [0.4, 0.5) is 0 Å². The highest BCUT2D eigenvalue weighted by atomic mass is 127. The molecule has 0 fully saturated rings. The Kier molecular flexibility index (Phi) is 10.6. The Bertz CT molecular complexity index is 629. The number of H-pyrrole nitrogens is 1. The van der Waals surface area contributed by atoms with Gasteiger partial charge in [0.2, 0.25) is 0 Å². The number of unbranched alkanes of at least 4 members (excludes halogenated alkanes) is 1. The number of halogens is 1. The summed E-state index contributed by atoms with van der Waals surface area (Å²) >= 11 is 1.89. The highest BCUT2D eigenvalue weighted by Crippen LogP contribution is 2.16. The van der Waals surface area contributed by atoms with Crippen LogP contribution in [0.5, 0.6) is 0 Å². The van der Waals surface area contributed by atoms with E-state index in [0.717, 1.165) is 36.0 Å². The molecule has 0 atom stereocenters. The van der Waals surface area contributed by atoms with Crippen molar-refractivity contribution < 1.29 is 0 Å². The maximum absolute atomic E-state index is 4.49. The maximum atomic E-state index is 4.49. The van der Waals surface area contributed by atoms with Crippen molar-refractivity contribution in [2.75, 3.05) is 32.6 Å². The molecule has 1 aromatic carbocycles. The van der Waals surface area contributed by atoms with Crippen molar-refractivity contribution in [3.8, 4) is 11.3 Å². The average Bonchev–Trinajstić information content (AvgIpc) is 3.07. The van der Waals surface area contributed by atoms with Crippen LogP contribution in [0.1, 0.15) is 18.7 Å². The zero-order valence-corrected chi connectivity index (χ0v) is 18.3. The highest BCUT2D eigenvalue weighted by molar-refractivity contribution is 14.0. The summed E-state index contributed by atoms with van der Waals surface area (Å²) < 4.78 is 0. The van der Waals surface area contributed by atoms with Gasteiger partial charge in [0.1, 0.15) is 5.82 Å². The summed E-state index contributed by atoms with van der Waals surface area (Å²) in [5, 5.41) is 3.41. The van der Waals surface area contributed by atoms with Crippen molar-refractivity contribution in [3.05, 3.63) is 42.4 Å². The zero-order chi connectivity index (χ0) is 17.2. The Hall–Kier alpha value is -1.22. The molecule has 0 aliphatic carbocycles. The normalized spacial score (nSPS) is 11.1. The number of imidazole rings is 1. The lowest BCUT2D eigenvalue weighted by Crippen LogP contribution is -2.39. The quantitative estimate of drug-likeness (QED) is 0.265. The molecule has 1 aromatic heterocycles. The van der Waals surface area contributed by atoms with E-state index in [1.165, 1.54) is 12.2 Å². The van der Waals surface area contributed by atoms with Crippen LogP contribution in [0.3, 0.4) is 0 Å². The minimum absolute atomic E-state index is 0. The van der Waals surface area contributed by atoms with Crippen LogP contribution in [0.25, 0.3) is 11.3 Å². The molecule has 5 nitrogen and oxygen atoms in total. The highest BCUT2D eigenvalue weighted by Gasteiger charge is 2.09. The van der Waals surface area contributed by atoms with Gasteiger partial charge in [-0.2, -0.15) is 11.8 Å². The third-order valence-corrected chi connectivity index (χ3v) is 4.43. The largest absolute Gasteiger partial charge is 0.356 e. The van der Waals surface area contributed by atoms with Gasteiger partial charge in [-0.15, -0.1) is 24.0 Å². The Balaban J connectivity index is 0.00000312. The second-order valence-electron chi connectivity index (χ2n) is 5.64. The first-order chi connectivity index (χ1) is 11.7. The van der Waals surface area contributed by atoms with Crippen molar-refractivity contribution in [1.29, 1.82) is 0 Å². The van der Waals surface area contributed by atoms with Crippen LogP contribution in [0.15, 0.2) is 41.5 Å². The number of thioether (sulfide) groups is 1. The number of hydrogen-bond acceptors (Lipinski definition) is 3. The molecule has 0 spiro atoms. The molecule has 138 valence electrons. The van der Waals surface area contributed by atoms with E-state index < -0.39 is 0 Å². The van der Waals surface area contributed by atoms with Gasteiger partial charge in [-0.3, -0.25) is 4.99 Å². The van der Waals surface area contributed by atoms with Crippen LogP contribution in [0.2, 0.25) is 0 Å². The summed E-state index contributed by atoms with van der Waals surface area (Å²) in [6.45, 7) is 1.64. The Morgan fingerprint density at radius 1 is 1.28 bits per heavy atom. The molecule has 0 bridgehead atoms. The molecule has 1 heterocycles. The molecule has 0 aliphatic rings. The van der Waals surface area contributed by atoms with E-state index in [4.69, 9.17) is 0 Å². The second kappa shape index (κ2) is 12.2. The van der Waals surface area contributed by atoms with Gasteiger partial charge >= 0.3 is 0 Å². The smallest absolute Gasteiger partial charge is 0.193 e. The molecule has 2 N–H and O–H groups in total. The molecule has 7 heteroatoms. The van der Waals surface area contributed by atoms with Gasteiger partial charge in [0.15, 0.2) is 5.96 Å². The van der Waals surface area contributed by atoms with Crippen LogP contribution >= 0.6 is 35.7 Å². The molecule has 0 radical (unpaired) electrons. The van der Waals surface area contributed by atoms with Crippen LogP contribution in [-0.4, -0.2) is 53.5 Å². The third kappa shape index (κ3) is 7.27. The van der Waals surface area contributed by atoms with E-state index in [0.29, 0.717) is 6.54 Å². The van der Waals surface area contributed by atoms with Crippen molar-refractivity contribution in [3.63, 3.8) is 0 Å². The standard InChI is InChI=1S/C18H27N5S.HI/c1-19-18(20-11-7-8-12-24-3)23(2)14-17-21-13-16(22-17)15-9-5-4-6-10-15;/h4-6,9-10,13H,7-8,11-12,14H2,1-3H3,(H,19,20)(H,21,22);1H. The number of rotatable bonds is 8. The first kappa shape index (κ1) is 21.8. The molecule has 2 rings (SSSR count). The molecular formula is C18H28IN5S. The summed E-state index contributed by atoms with van der Waals surface area (Å²) in [5.74, 6) is 3.05.